The van der Waals surface area contributed by atoms with Crippen LogP contribution in [0.2, 0.25) is 0 Å². The number of fused-ring (bicyclic) bond motifs is 1. The maximum atomic E-state index is 11.1. The fourth-order valence-corrected chi connectivity index (χ4v) is 2.94. The lowest BCUT2D eigenvalue weighted by atomic mass is 10.2. The summed E-state index contributed by atoms with van der Waals surface area (Å²) in [7, 11) is 0. The minimum Gasteiger partial charge on any atom is -0.379 e. The third-order valence-corrected chi connectivity index (χ3v) is 3.91. The SMILES string of the molecule is CC(=O)Nc1cc2c(Br)cn([C@@H]3CCOC3)c2cn1. The van der Waals surface area contributed by atoms with Crippen molar-refractivity contribution in [3.63, 3.8) is 0 Å². The lowest BCUT2D eigenvalue weighted by Crippen LogP contribution is -2.08. The van der Waals surface area contributed by atoms with E-state index in [1.54, 1.807) is 6.20 Å². The maximum Gasteiger partial charge on any atom is 0.222 e. The molecule has 19 heavy (non-hydrogen) atoms. The van der Waals surface area contributed by atoms with E-state index in [0.29, 0.717) is 11.9 Å². The van der Waals surface area contributed by atoms with Gasteiger partial charge in [0.15, 0.2) is 0 Å². The predicted molar refractivity (Wildman–Crippen MR) is 76.2 cm³/mol. The molecule has 0 bridgehead atoms. The van der Waals surface area contributed by atoms with Crippen LogP contribution in [-0.4, -0.2) is 28.7 Å². The van der Waals surface area contributed by atoms with Crippen molar-refractivity contribution in [3.05, 3.63) is 22.9 Å². The minimum absolute atomic E-state index is 0.119. The van der Waals surface area contributed by atoms with E-state index in [9.17, 15) is 4.79 Å². The summed E-state index contributed by atoms with van der Waals surface area (Å²) in [5.74, 6) is 0.452. The lowest BCUT2D eigenvalue weighted by Gasteiger charge is -2.11. The van der Waals surface area contributed by atoms with Gasteiger partial charge in [0.1, 0.15) is 5.82 Å². The number of carbonyl (C=O) groups is 1. The van der Waals surface area contributed by atoms with E-state index >= 15 is 0 Å². The monoisotopic (exact) mass is 323 g/mol. The largest absolute Gasteiger partial charge is 0.379 e. The van der Waals surface area contributed by atoms with Crippen LogP contribution in [0.4, 0.5) is 5.82 Å². The van der Waals surface area contributed by atoms with Gasteiger partial charge in [-0.2, -0.15) is 0 Å². The van der Waals surface area contributed by atoms with E-state index in [4.69, 9.17) is 4.74 Å². The molecule has 1 saturated heterocycles. The minimum atomic E-state index is -0.119. The zero-order chi connectivity index (χ0) is 13.4. The molecule has 1 aliphatic heterocycles. The van der Waals surface area contributed by atoms with Crippen molar-refractivity contribution in [2.75, 3.05) is 18.5 Å². The van der Waals surface area contributed by atoms with Crippen LogP contribution < -0.4 is 5.32 Å². The topological polar surface area (TPSA) is 56.2 Å². The first-order valence-electron chi connectivity index (χ1n) is 6.16. The Morgan fingerprint density at radius 2 is 2.47 bits per heavy atom. The molecule has 1 atom stereocenters. The Labute approximate surface area is 119 Å². The van der Waals surface area contributed by atoms with Crippen LogP contribution in [0.5, 0.6) is 0 Å². The molecular formula is C13H14BrN3O2. The normalized spacial score (nSPS) is 18.9. The summed E-state index contributed by atoms with van der Waals surface area (Å²) in [5, 5.41) is 3.75. The molecule has 1 aliphatic rings. The van der Waals surface area contributed by atoms with E-state index in [-0.39, 0.29) is 5.91 Å². The summed E-state index contributed by atoms with van der Waals surface area (Å²) >= 11 is 3.56. The number of pyridine rings is 1. The highest BCUT2D eigenvalue weighted by atomic mass is 79.9. The first-order valence-corrected chi connectivity index (χ1v) is 6.96. The van der Waals surface area contributed by atoms with E-state index in [1.165, 1.54) is 6.92 Å². The number of amides is 1. The van der Waals surface area contributed by atoms with Gasteiger partial charge < -0.3 is 14.6 Å². The molecular weight excluding hydrogens is 310 g/mol. The zero-order valence-electron chi connectivity index (χ0n) is 10.5. The molecule has 0 unspecified atom stereocenters. The van der Waals surface area contributed by atoms with Crippen LogP contribution in [0.1, 0.15) is 19.4 Å². The summed E-state index contributed by atoms with van der Waals surface area (Å²) in [6, 6.07) is 2.25. The van der Waals surface area contributed by atoms with Crippen LogP contribution in [0.25, 0.3) is 10.9 Å². The second-order valence-electron chi connectivity index (χ2n) is 4.67. The molecule has 5 nitrogen and oxygen atoms in total. The van der Waals surface area contributed by atoms with Gasteiger partial charge in [-0.25, -0.2) is 4.98 Å². The van der Waals surface area contributed by atoms with Crippen molar-refractivity contribution in [1.29, 1.82) is 0 Å². The first kappa shape index (κ1) is 12.6. The zero-order valence-corrected chi connectivity index (χ0v) is 12.1. The van der Waals surface area contributed by atoms with Crippen molar-refractivity contribution in [1.82, 2.24) is 9.55 Å². The van der Waals surface area contributed by atoms with Gasteiger partial charge in [-0.15, -0.1) is 0 Å². The average Bonchev–Trinajstić information content (AvgIpc) is 2.97. The summed E-state index contributed by atoms with van der Waals surface area (Å²) in [6.07, 6.45) is 4.87. The van der Waals surface area contributed by atoms with Gasteiger partial charge >= 0.3 is 0 Å². The second kappa shape index (κ2) is 4.94. The van der Waals surface area contributed by atoms with Gasteiger partial charge in [-0.05, 0) is 28.4 Å². The van der Waals surface area contributed by atoms with Crippen LogP contribution in [0.3, 0.4) is 0 Å². The van der Waals surface area contributed by atoms with Gasteiger partial charge in [0.05, 0.1) is 24.4 Å². The fraction of sp³-hybridized carbons (Fsp3) is 0.385. The van der Waals surface area contributed by atoms with E-state index in [2.05, 4.69) is 37.0 Å². The molecule has 2 aromatic rings. The van der Waals surface area contributed by atoms with Crippen LogP contribution in [0.15, 0.2) is 22.9 Å². The number of nitrogens with zero attached hydrogens (tertiary/aromatic N) is 2. The molecule has 3 rings (SSSR count). The quantitative estimate of drug-likeness (QED) is 0.924. The first-order chi connectivity index (χ1) is 9.15. The molecule has 1 fully saturated rings. The Hall–Kier alpha value is -1.40. The second-order valence-corrected chi connectivity index (χ2v) is 5.52. The molecule has 0 aliphatic carbocycles. The van der Waals surface area contributed by atoms with Gasteiger partial charge in [-0.3, -0.25) is 4.79 Å². The van der Waals surface area contributed by atoms with Crippen molar-refractivity contribution in [2.24, 2.45) is 0 Å². The molecule has 0 saturated carbocycles. The highest BCUT2D eigenvalue weighted by molar-refractivity contribution is 9.10. The van der Waals surface area contributed by atoms with Crippen LogP contribution in [0, 0.1) is 0 Å². The molecule has 1 N–H and O–H groups in total. The summed E-state index contributed by atoms with van der Waals surface area (Å²) in [5.41, 5.74) is 1.05. The number of aromatic nitrogens is 2. The number of anilines is 1. The highest BCUT2D eigenvalue weighted by Gasteiger charge is 2.20. The Morgan fingerprint density at radius 1 is 1.63 bits per heavy atom. The fourth-order valence-electron chi connectivity index (χ4n) is 2.40. The summed E-state index contributed by atoms with van der Waals surface area (Å²) in [4.78, 5) is 15.3. The Bertz CT molecular complexity index is 632. The van der Waals surface area contributed by atoms with E-state index < -0.39 is 0 Å². The third-order valence-electron chi connectivity index (χ3n) is 3.27. The van der Waals surface area contributed by atoms with Crippen molar-refractivity contribution in [2.45, 2.75) is 19.4 Å². The molecule has 0 aromatic carbocycles. The summed E-state index contributed by atoms with van der Waals surface area (Å²) in [6.45, 7) is 3.02. The van der Waals surface area contributed by atoms with Gasteiger partial charge in [0, 0.05) is 29.6 Å². The van der Waals surface area contributed by atoms with Gasteiger partial charge in [0.25, 0.3) is 0 Å². The van der Waals surface area contributed by atoms with Gasteiger partial charge in [0.2, 0.25) is 5.91 Å². The van der Waals surface area contributed by atoms with Crippen LogP contribution in [-0.2, 0) is 9.53 Å². The highest BCUT2D eigenvalue weighted by Crippen LogP contribution is 2.32. The molecule has 6 heteroatoms. The average molecular weight is 324 g/mol. The Balaban J connectivity index is 2.04. The van der Waals surface area contributed by atoms with E-state index in [0.717, 1.165) is 35.0 Å². The number of ether oxygens (including phenoxy) is 1. The number of hydrogen-bond acceptors (Lipinski definition) is 3. The van der Waals surface area contributed by atoms with Crippen LogP contribution >= 0.6 is 15.9 Å². The predicted octanol–water partition coefficient (Wildman–Crippen LogP) is 2.72. The number of halogens is 1. The number of nitrogens with one attached hydrogen (secondary N) is 1. The lowest BCUT2D eigenvalue weighted by molar-refractivity contribution is -0.114. The maximum absolute atomic E-state index is 11.1. The van der Waals surface area contributed by atoms with E-state index in [1.807, 2.05) is 6.07 Å². The Kier molecular flexibility index (Phi) is 3.28. The van der Waals surface area contributed by atoms with Gasteiger partial charge in [-0.1, -0.05) is 0 Å². The van der Waals surface area contributed by atoms with Crippen molar-refractivity contribution in [3.8, 4) is 0 Å². The van der Waals surface area contributed by atoms with Crippen molar-refractivity contribution < 1.29 is 9.53 Å². The third kappa shape index (κ3) is 2.37. The molecule has 1 amide bonds. The molecule has 0 radical (unpaired) electrons. The molecule has 0 spiro atoms. The standard InChI is InChI=1S/C13H14BrN3O2/c1-8(18)16-13-4-10-11(14)6-17(12(10)5-15-13)9-2-3-19-7-9/h4-6,9H,2-3,7H2,1H3,(H,15,16,18)/t9-/m1/s1. The number of rotatable bonds is 2. The molecule has 2 aromatic heterocycles. The smallest absolute Gasteiger partial charge is 0.222 e. The Morgan fingerprint density at radius 3 is 3.16 bits per heavy atom. The summed E-state index contributed by atoms with van der Waals surface area (Å²) < 4.78 is 8.63. The number of hydrogen-bond donors (Lipinski definition) is 1. The van der Waals surface area contributed by atoms with Crippen molar-refractivity contribution >= 4 is 38.6 Å². The molecule has 3 heterocycles. The molecule has 100 valence electrons. The number of carbonyl (C=O) groups excluding carboxylic acids is 1.